The van der Waals surface area contributed by atoms with Crippen LogP contribution in [0.2, 0.25) is 5.02 Å². The molecule has 108 valence electrons. The van der Waals surface area contributed by atoms with Gasteiger partial charge in [-0.1, -0.05) is 25.4 Å². The fourth-order valence-corrected chi connectivity index (χ4v) is 3.48. The molecule has 6 heteroatoms. The molecule has 1 unspecified atom stereocenters. The van der Waals surface area contributed by atoms with Gasteiger partial charge in [-0.05, 0) is 37.5 Å². The van der Waals surface area contributed by atoms with Gasteiger partial charge in [0.25, 0.3) is 0 Å². The second kappa shape index (κ2) is 5.69. The van der Waals surface area contributed by atoms with E-state index in [9.17, 15) is 8.42 Å². The summed E-state index contributed by atoms with van der Waals surface area (Å²) in [6, 6.07) is 2.80. The molecule has 0 heterocycles. The zero-order chi connectivity index (χ0) is 15.0. The van der Waals surface area contributed by atoms with Crippen LogP contribution < -0.4 is 5.73 Å². The molecule has 1 aromatic carbocycles. The number of nitrogens with zero attached hydrogens (tertiary/aromatic N) is 1. The lowest BCUT2D eigenvalue weighted by atomic mass is 10.1. The van der Waals surface area contributed by atoms with E-state index >= 15 is 0 Å². The predicted molar refractivity (Wildman–Crippen MR) is 79.9 cm³/mol. The lowest BCUT2D eigenvalue weighted by Gasteiger charge is -2.27. The monoisotopic (exact) mass is 304 g/mol. The summed E-state index contributed by atoms with van der Waals surface area (Å²) in [6.45, 7) is 7.59. The highest BCUT2D eigenvalue weighted by Gasteiger charge is 2.27. The summed E-state index contributed by atoms with van der Waals surface area (Å²) in [5.74, 6) is 0.220. The SMILES string of the molecule is Cc1c(N)cc(S(=O)(=O)N(C)C(C)C(C)C)cc1Cl. The van der Waals surface area contributed by atoms with Crippen LogP contribution in [-0.2, 0) is 10.0 Å². The third kappa shape index (κ3) is 3.22. The van der Waals surface area contributed by atoms with E-state index in [0.29, 0.717) is 16.3 Å². The van der Waals surface area contributed by atoms with Crippen molar-refractivity contribution in [3.8, 4) is 0 Å². The summed E-state index contributed by atoms with van der Waals surface area (Å²) in [5, 5.41) is 0.365. The van der Waals surface area contributed by atoms with Crippen LogP contribution in [-0.4, -0.2) is 25.8 Å². The topological polar surface area (TPSA) is 63.4 Å². The Morgan fingerprint density at radius 1 is 1.26 bits per heavy atom. The Morgan fingerprint density at radius 3 is 2.21 bits per heavy atom. The number of benzene rings is 1. The summed E-state index contributed by atoms with van der Waals surface area (Å²) >= 11 is 6.01. The Balaban J connectivity index is 3.28. The number of nitrogens with two attached hydrogens (primary N) is 1. The summed E-state index contributed by atoms with van der Waals surface area (Å²) in [5.41, 5.74) is 6.87. The smallest absolute Gasteiger partial charge is 0.243 e. The number of rotatable bonds is 4. The summed E-state index contributed by atoms with van der Waals surface area (Å²) in [6.07, 6.45) is 0. The average Bonchev–Trinajstić information content (AvgIpc) is 2.33. The standard InChI is InChI=1S/C13H21ClN2O2S/c1-8(2)10(4)16(5)19(17,18)11-6-12(14)9(3)13(15)7-11/h6-8,10H,15H2,1-5H3. The van der Waals surface area contributed by atoms with Crippen LogP contribution >= 0.6 is 11.6 Å². The average molecular weight is 305 g/mol. The molecule has 0 saturated carbocycles. The second-order valence-electron chi connectivity index (χ2n) is 5.13. The van der Waals surface area contributed by atoms with Crippen LogP contribution in [0, 0.1) is 12.8 Å². The van der Waals surface area contributed by atoms with E-state index in [4.69, 9.17) is 17.3 Å². The van der Waals surface area contributed by atoms with Crippen LogP contribution in [0.15, 0.2) is 17.0 Å². The lowest BCUT2D eigenvalue weighted by Crippen LogP contribution is -2.38. The normalized spacial score (nSPS) is 14.1. The van der Waals surface area contributed by atoms with Gasteiger partial charge in [0, 0.05) is 23.8 Å². The number of nitrogen functional groups attached to an aromatic ring is 1. The number of hydrogen-bond donors (Lipinski definition) is 1. The molecule has 0 radical (unpaired) electrons. The number of halogens is 1. The Bertz CT molecular complexity index is 547. The number of hydrogen-bond acceptors (Lipinski definition) is 3. The zero-order valence-electron chi connectivity index (χ0n) is 11.9. The maximum atomic E-state index is 12.5. The number of sulfonamides is 1. The van der Waals surface area contributed by atoms with Crippen LogP contribution in [0.1, 0.15) is 26.3 Å². The molecule has 0 aliphatic carbocycles. The zero-order valence-corrected chi connectivity index (χ0v) is 13.5. The molecular formula is C13H21ClN2O2S. The van der Waals surface area contributed by atoms with Gasteiger partial charge in [0.2, 0.25) is 10.0 Å². The minimum atomic E-state index is -3.58. The highest BCUT2D eigenvalue weighted by molar-refractivity contribution is 7.89. The van der Waals surface area contributed by atoms with E-state index in [1.165, 1.54) is 16.4 Å². The van der Waals surface area contributed by atoms with Gasteiger partial charge in [-0.3, -0.25) is 0 Å². The van der Waals surface area contributed by atoms with Crippen molar-refractivity contribution >= 4 is 27.3 Å². The van der Waals surface area contributed by atoms with Crippen molar-refractivity contribution in [1.82, 2.24) is 4.31 Å². The van der Waals surface area contributed by atoms with Gasteiger partial charge in [-0.15, -0.1) is 0 Å². The van der Waals surface area contributed by atoms with E-state index in [2.05, 4.69) is 0 Å². The van der Waals surface area contributed by atoms with Crippen LogP contribution in [0.25, 0.3) is 0 Å². The second-order valence-corrected chi connectivity index (χ2v) is 7.53. The van der Waals surface area contributed by atoms with Gasteiger partial charge < -0.3 is 5.73 Å². The van der Waals surface area contributed by atoms with Crippen molar-refractivity contribution in [2.75, 3.05) is 12.8 Å². The molecule has 0 amide bonds. The van der Waals surface area contributed by atoms with Crippen molar-refractivity contribution in [1.29, 1.82) is 0 Å². The molecule has 19 heavy (non-hydrogen) atoms. The van der Waals surface area contributed by atoms with E-state index < -0.39 is 10.0 Å². The summed E-state index contributed by atoms with van der Waals surface area (Å²) in [7, 11) is -2.00. The van der Waals surface area contributed by atoms with E-state index in [-0.39, 0.29) is 16.9 Å². The van der Waals surface area contributed by atoms with Crippen molar-refractivity contribution < 1.29 is 8.42 Å². The van der Waals surface area contributed by atoms with Gasteiger partial charge in [-0.2, -0.15) is 4.31 Å². The minimum Gasteiger partial charge on any atom is -0.398 e. The molecule has 0 aromatic heterocycles. The molecule has 0 aliphatic rings. The van der Waals surface area contributed by atoms with E-state index in [1.807, 2.05) is 20.8 Å². The molecular weight excluding hydrogens is 284 g/mol. The molecule has 1 atom stereocenters. The fraction of sp³-hybridized carbons (Fsp3) is 0.538. The van der Waals surface area contributed by atoms with Crippen LogP contribution in [0.4, 0.5) is 5.69 Å². The molecule has 0 fully saturated rings. The molecule has 0 bridgehead atoms. The first kappa shape index (κ1) is 16.3. The van der Waals surface area contributed by atoms with Gasteiger partial charge in [0.05, 0.1) is 4.90 Å². The lowest BCUT2D eigenvalue weighted by molar-refractivity contribution is 0.316. The molecule has 4 nitrogen and oxygen atoms in total. The Morgan fingerprint density at radius 2 is 1.79 bits per heavy atom. The first-order chi connectivity index (χ1) is 8.59. The van der Waals surface area contributed by atoms with Crippen LogP contribution in [0.3, 0.4) is 0 Å². The fourth-order valence-electron chi connectivity index (χ4n) is 1.63. The van der Waals surface area contributed by atoms with Gasteiger partial charge >= 0.3 is 0 Å². The number of anilines is 1. The molecule has 1 aromatic rings. The Labute approximate surface area is 120 Å². The summed E-state index contributed by atoms with van der Waals surface area (Å²) in [4.78, 5) is 0.135. The quantitative estimate of drug-likeness (QED) is 0.870. The highest BCUT2D eigenvalue weighted by atomic mass is 35.5. The van der Waals surface area contributed by atoms with Crippen molar-refractivity contribution in [3.63, 3.8) is 0 Å². The molecule has 2 N–H and O–H groups in total. The molecule has 1 rings (SSSR count). The Kier molecular flexibility index (Phi) is 4.87. The first-order valence-corrected chi connectivity index (χ1v) is 7.94. The van der Waals surface area contributed by atoms with Crippen molar-refractivity contribution in [2.45, 2.75) is 38.6 Å². The van der Waals surface area contributed by atoms with Gasteiger partial charge in [0.15, 0.2) is 0 Å². The summed E-state index contributed by atoms with van der Waals surface area (Å²) < 4.78 is 26.4. The van der Waals surface area contributed by atoms with E-state index in [1.54, 1.807) is 14.0 Å². The predicted octanol–water partition coefficient (Wildman–Crippen LogP) is 2.90. The van der Waals surface area contributed by atoms with Gasteiger partial charge in [0.1, 0.15) is 0 Å². The molecule has 0 spiro atoms. The van der Waals surface area contributed by atoms with Crippen molar-refractivity contribution in [2.24, 2.45) is 5.92 Å². The molecule has 0 aliphatic heterocycles. The Hall–Kier alpha value is -0.780. The third-order valence-corrected chi connectivity index (χ3v) is 5.89. The highest BCUT2D eigenvalue weighted by Crippen LogP contribution is 2.28. The van der Waals surface area contributed by atoms with Crippen molar-refractivity contribution in [3.05, 3.63) is 22.7 Å². The van der Waals surface area contributed by atoms with E-state index in [0.717, 1.165) is 0 Å². The van der Waals surface area contributed by atoms with Crippen LogP contribution in [0.5, 0.6) is 0 Å². The first-order valence-electron chi connectivity index (χ1n) is 6.12. The maximum Gasteiger partial charge on any atom is 0.243 e. The largest absolute Gasteiger partial charge is 0.398 e. The molecule has 0 saturated heterocycles. The third-order valence-electron chi connectivity index (χ3n) is 3.57. The minimum absolute atomic E-state index is 0.105. The maximum absolute atomic E-state index is 12.5. The van der Waals surface area contributed by atoms with Gasteiger partial charge in [-0.25, -0.2) is 8.42 Å².